The monoisotopic (exact) mass is 601 g/mol. The summed E-state index contributed by atoms with van der Waals surface area (Å²) in [6, 6.07) is 20.2. The van der Waals surface area contributed by atoms with E-state index >= 15 is 0 Å². The first kappa shape index (κ1) is 32.2. The number of carboxylic acids is 1. The molecule has 0 bridgehead atoms. The maximum absolute atomic E-state index is 13.8. The number of esters is 1. The van der Waals surface area contributed by atoms with E-state index < -0.39 is 47.6 Å². The van der Waals surface area contributed by atoms with E-state index in [1.54, 1.807) is 26.8 Å². The van der Waals surface area contributed by atoms with Gasteiger partial charge in [0.05, 0.1) is 18.2 Å². The first-order chi connectivity index (χ1) is 20.8. The van der Waals surface area contributed by atoms with Crippen LogP contribution in [-0.2, 0) is 30.4 Å². The Morgan fingerprint density at radius 2 is 1.61 bits per heavy atom. The van der Waals surface area contributed by atoms with Crippen molar-refractivity contribution in [2.75, 3.05) is 0 Å². The summed E-state index contributed by atoms with van der Waals surface area (Å²) in [6.07, 6.45) is -0.494. The van der Waals surface area contributed by atoms with Gasteiger partial charge in [0.2, 0.25) is 5.60 Å². The van der Waals surface area contributed by atoms with Gasteiger partial charge in [-0.2, -0.15) is 0 Å². The highest BCUT2D eigenvalue weighted by Crippen LogP contribution is 2.32. The van der Waals surface area contributed by atoms with Crippen molar-refractivity contribution in [2.45, 2.75) is 77.2 Å². The van der Waals surface area contributed by atoms with E-state index in [2.05, 4.69) is 15.8 Å². The molecule has 0 saturated carbocycles. The van der Waals surface area contributed by atoms with Gasteiger partial charge in [-0.3, -0.25) is 14.4 Å². The average Bonchev–Trinajstić information content (AvgIpc) is 3.39. The number of fused-ring (bicyclic) bond motifs is 1. The lowest BCUT2D eigenvalue weighted by atomic mass is 9.84. The van der Waals surface area contributed by atoms with Crippen LogP contribution in [0, 0.1) is 5.92 Å². The van der Waals surface area contributed by atoms with Crippen molar-refractivity contribution < 1.29 is 33.9 Å². The molecule has 1 unspecified atom stereocenters. The zero-order chi connectivity index (χ0) is 32.1. The summed E-state index contributed by atoms with van der Waals surface area (Å²) >= 11 is 0. The number of ether oxygens (including phenoxy) is 1. The van der Waals surface area contributed by atoms with Crippen LogP contribution in [0.3, 0.4) is 0 Å². The molecule has 0 saturated heterocycles. The lowest BCUT2D eigenvalue weighted by molar-refractivity contribution is -0.160. The van der Waals surface area contributed by atoms with Crippen LogP contribution in [0.2, 0.25) is 0 Å². The Morgan fingerprint density at radius 3 is 2.25 bits per heavy atom. The SMILES string of the molecule is CC(C)[C@H](NC(=O)c1ccc2ccccc2c1)C1=NOC(Cc2ccccc2)(C(=O)N[C@@H](CC(=O)OC(C)(C)C)C(=O)O)C1. The first-order valence-corrected chi connectivity index (χ1v) is 14.6. The number of nitrogens with zero attached hydrogens (tertiary/aromatic N) is 1. The molecule has 44 heavy (non-hydrogen) atoms. The molecule has 0 aromatic heterocycles. The third kappa shape index (κ3) is 8.00. The molecule has 0 radical (unpaired) electrons. The number of rotatable bonds is 11. The average molecular weight is 602 g/mol. The summed E-state index contributed by atoms with van der Waals surface area (Å²) < 4.78 is 5.27. The zero-order valence-electron chi connectivity index (χ0n) is 25.6. The molecule has 0 spiro atoms. The molecule has 0 aliphatic carbocycles. The van der Waals surface area contributed by atoms with Gasteiger partial charge in [0, 0.05) is 18.4 Å². The minimum absolute atomic E-state index is 0.00660. The van der Waals surface area contributed by atoms with Crippen molar-refractivity contribution in [3.8, 4) is 0 Å². The van der Waals surface area contributed by atoms with E-state index in [0.29, 0.717) is 11.3 Å². The number of nitrogens with one attached hydrogen (secondary N) is 2. The molecule has 1 aliphatic rings. The number of carbonyl (C=O) groups excluding carboxylic acids is 3. The highest BCUT2D eigenvalue weighted by Gasteiger charge is 2.49. The van der Waals surface area contributed by atoms with Crippen LogP contribution in [0.15, 0.2) is 78.0 Å². The maximum atomic E-state index is 13.8. The van der Waals surface area contributed by atoms with E-state index in [9.17, 15) is 24.3 Å². The standard InChI is InChI=1S/C34H39N3O7/c1-21(2)29(36-30(39)25-16-15-23-13-9-10-14-24(23)17-25)27-20-34(44-37-27,19-22-11-7-6-8-12-22)32(42)35-26(31(40)41)18-28(38)43-33(3,4)5/h6-17,21,26,29H,18-20H2,1-5H3,(H,35,42)(H,36,39)(H,40,41)/t26-,29-,34?/m0/s1. The second-order valence-corrected chi connectivity index (χ2v) is 12.4. The van der Waals surface area contributed by atoms with Crippen LogP contribution in [0.25, 0.3) is 10.8 Å². The molecule has 10 nitrogen and oxygen atoms in total. The second kappa shape index (κ2) is 13.3. The Kier molecular flexibility index (Phi) is 9.71. The molecule has 232 valence electrons. The first-order valence-electron chi connectivity index (χ1n) is 14.6. The number of oxime groups is 1. The van der Waals surface area contributed by atoms with Gasteiger partial charge in [-0.05, 0) is 55.2 Å². The highest BCUT2D eigenvalue weighted by molar-refractivity contribution is 6.04. The fourth-order valence-electron chi connectivity index (χ4n) is 5.12. The Labute approximate surface area is 256 Å². The number of amides is 2. The lowest BCUT2D eigenvalue weighted by Crippen LogP contribution is -2.55. The van der Waals surface area contributed by atoms with Crippen LogP contribution < -0.4 is 10.6 Å². The van der Waals surface area contributed by atoms with E-state index in [-0.39, 0.29) is 24.7 Å². The van der Waals surface area contributed by atoms with Gasteiger partial charge < -0.3 is 25.3 Å². The second-order valence-electron chi connectivity index (χ2n) is 12.4. The van der Waals surface area contributed by atoms with E-state index in [0.717, 1.165) is 16.3 Å². The van der Waals surface area contributed by atoms with Crippen molar-refractivity contribution in [3.63, 3.8) is 0 Å². The summed E-state index contributed by atoms with van der Waals surface area (Å²) in [6.45, 7) is 8.86. The fraction of sp³-hybridized carbons (Fsp3) is 0.382. The predicted octanol–water partition coefficient (Wildman–Crippen LogP) is 4.65. The maximum Gasteiger partial charge on any atom is 0.326 e. The van der Waals surface area contributed by atoms with Crippen molar-refractivity contribution in [1.29, 1.82) is 0 Å². The fourth-order valence-corrected chi connectivity index (χ4v) is 5.12. The van der Waals surface area contributed by atoms with Crippen LogP contribution >= 0.6 is 0 Å². The Balaban J connectivity index is 1.56. The van der Waals surface area contributed by atoms with Crippen molar-refractivity contribution >= 4 is 40.2 Å². The lowest BCUT2D eigenvalue weighted by Gasteiger charge is -2.29. The smallest absolute Gasteiger partial charge is 0.326 e. The molecule has 1 aliphatic heterocycles. The number of benzene rings is 3. The van der Waals surface area contributed by atoms with E-state index in [1.807, 2.05) is 80.6 Å². The minimum atomic E-state index is -1.61. The highest BCUT2D eigenvalue weighted by atomic mass is 16.7. The van der Waals surface area contributed by atoms with Gasteiger partial charge in [0.1, 0.15) is 11.6 Å². The molecule has 10 heteroatoms. The quantitative estimate of drug-likeness (QED) is 0.272. The summed E-state index contributed by atoms with van der Waals surface area (Å²) in [5, 5.41) is 21.6. The van der Waals surface area contributed by atoms with Gasteiger partial charge in [-0.1, -0.05) is 79.7 Å². The molecular weight excluding hydrogens is 562 g/mol. The molecule has 4 rings (SSSR count). The summed E-state index contributed by atoms with van der Waals surface area (Å²) in [5.41, 5.74) is -0.745. The predicted molar refractivity (Wildman–Crippen MR) is 166 cm³/mol. The molecule has 3 aromatic rings. The van der Waals surface area contributed by atoms with Crippen LogP contribution in [0.5, 0.6) is 0 Å². The van der Waals surface area contributed by atoms with Gasteiger partial charge in [-0.25, -0.2) is 4.79 Å². The van der Waals surface area contributed by atoms with Gasteiger partial charge in [0.15, 0.2) is 0 Å². The summed E-state index contributed by atoms with van der Waals surface area (Å²) in [4.78, 5) is 57.6. The van der Waals surface area contributed by atoms with Crippen LogP contribution in [-0.4, -0.2) is 57.9 Å². The molecule has 3 atom stereocenters. The molecule has 3 N–H and O–H groups in total. The van der Waals surface area contributed by atoms with E-state index in [1.165, 1.54) is 0 Å². The van der Waals surface area contributed by atoms with Gasteiger partial charge in [-0.15, -0.1) is 0 Å². The van der Waals surface area contributed by atoms with Crippen molar-refractivity contribution in [2.24, 2.45) is 11.1 Å². The van der Waals surface area contributed by atoms with E-state index in [4.69, 9.17) is 9.57 Å². The summed E-state index contributed by atoms with van der Waals surface area (Å²) in [5.74, 6) is -3.30. The Morgan fingerprint density at radius 1 is 0.955 bits per heavy atom. The summed E-state index contributed by atoms with van der Waals surface area (Å²) in [7, 11) is 0. The molecule has 0 fully saturated rings. The largest absolute Gasteiger partial charge is 0.480 e. The van der Waals surface area contributed by atoms with Crippen molar-refractivity contribution in [3.05, 3.63) is 83.9 Å². The van der Waals surface area contributed by atoms with Crippen LogP contribution in [0.1, 0.15) is 63.4 Å². The minimum Gasteiger partial charge on any atom is -0.480 e. The Bertz CT molecular complexity index is 1560. The van der Waals surface area contributed by atoms with Gasteiger partial charge in [0.25, 0.3) is 11.8 Å². The molecule has 2 amide bonds. The molecular formula is C34H39N3O7. The third-order valence-electron chi connectivity index (χ3n) is 7.27. The van der Waals surface area contributed by atoms with Crippen molar-refractivity contribution in [1.82, 2.24) is 10.6 Å². The number of hydrogen-bond acceptors (Lipinski definition) is 7. The van der Waals surface area contributed by atoms with Crippen LogP contribution in [0.4, 0.5) is 0 Å². The number of hydrogen-bond donors (Lipinski definition) is 3. The normalized spacial score (nSPS) is 17.7. The number of carbonyl (C=O) groups is 4. The topological polar surface area (TPSA) is 143 Å². The number of carboxylic acid groups (broad SMARTS) is 1. The molecule has 3 aromatic carbocycles. The third-order valence-corrected chi connectivity index (χ3v) is 7.27. The zero-order valence-corrected chi connectivity index (χ0v) is 25.6. The molecule has 1 heterocycles. The number of aliphatic carboxylic acids is 1. The Hall–Kier alpha value is -4.73. The van der Waals surface area contributed by atoms with Gasteiger partial charge >= 0.3 is 11.9 Å².